The molecule has 1 aliphatic heterocycles. The summed E-state index contributed by atoms with van der Waals surface area (Å²) >= 11 is 0. The standard InChI is InChI=1S/C15H26N4/c1-12(2)18(3)15-7-6-13(9-17-15)10-19-8-4-5-14(16)11-19/h6-7,9,12,14H,4-5,8,10-11,16H2,1-3H3/t14-/m1/s1. The number of likely N-dealkylation sites (tertiary alicyclic amines) is 1. The third-order valence-electron chi connectivity index (χ3n) is 3.89. The number of hydrogen-bond acceptors (Lipinski definition) is 4. The molecule has 1 aromatic rings. The van der Waals surface area contributed by atoms with Gasteiger partial charge in [0.2, 0.25) is 0 Å². The van der Waals surface area contributed by atoms with Crippen molar-refractivity contribution in [1.29, 1.82) is 0 Å². The Morgan fingerprint density at radius 3 is 2.84 bits per heavy atom. The van der Waals surface area contributed by atoms with E-state index in [0.29, 0.717) is 12.1 Å². The van der Waals surface area contributed by atoms with Crippen molar-refractivity contribution in [2.75, 3.05) is 25.0 Å². The van der Waals surface area contributed by atoms with Crippen molar-refractivity contribution in [3.8, 4) is 0 Å². The third-order valence-corrected chi connectivity index (χ3v) is 3.89. The number of aromatic nitrogens is 1. The molecule has 0 bridgehead atoms. The average Bonchev–Trinajstić information content (AvgIpc) is 2.39. The number of piperidine rings is 1. The molecule has 0 aromatic carbocycles. The van der Waals surface area contributed by atoms with Crippen molar-refractivity contribution in [1.82, 2.24) is 9.88 Å². The Labute approximate surface area is 116 Å². The topological polar surface area (TPSA) is 45.4 Å². The highest BCUT2D eigenvalue weighted by Gasteiger charge is 2.16. The molecule has 1 fully saturated rings. The molecule has 2 rings (SSSR count). The van der Waals surface area contributed by atoms with Crippen LogP contribution in [0.1, 0.15) is 32.3 Å². The van der Waals surface area contributed by atoms with Crippen LogP contribution in [0.2, 0.25) is 0 Å². The first kappa shape index (κ1) is 14.3. The summed E-state index contributed by atoms with van der Waals surface area (Å²) in [4.78, 5) is 9.16. The first-order valence-electron chi connectivity index (χ1n) is 7.22. The normalized spacial score (nSPS) is 20.8. The second-order valence-electron chi connectivity index (χ2n) is 5.87. The number of nitrogens with zero attached hydrogens (tertiary/aromatic N) is 3. The molecule has 1 saturated heterocycles. The summed E-state index contributed by atoms with van der Waals surface area (Å²) in [7, 11) is 2.08. The molecule has 106 valence electrons. The van der Waals surface area contributed by atoms with Gasteiger partial charge in [-0.25, -0.2) is 4.98 Å². The fourth-order valence-corrected chi connectivity index (χ4v) is 2.48. The van der Waals surface area contributed by atoms with Gasteiger partial charge in [-0.05, 0) is 44.9 Å². The Balaban J connectivity index is 1.95. The second-order valence-corrected chi connectivity index (χ2v) is 5.87. The Bertz CT molecular complexity index is 388. The van der Waals surface area contributed by atoms with E-state index in [0.717, 1.165) is 31.9 Å². The van der Waals surface area contributed by atoms with Gasteiger partial charge in [0.1, 0.15) is 5.82 Å². The van der Waals surface area contributed by atoms with Gasteiger partial charge in [0.05, 0.1) is 0 Å². The average molecular weight is 262 g/mol. The lowest BCUT2D eigenvalue weighted by Crippen LogP contribution is -2.42. The Hall–Kier alpha value is -1.13. The second kappa shape index (κ2) is 6.35. The number of pyridine rings is 1. The molecule has 0 amide bonds. The van der Waals surface area contributed by atoms with E-state index in [1.165, 1.54) is 12.0 Å². The fraction of sp³-hybridized carbons (Fsp3) is 0.667. The molecular formula is C15H26N4. The maximum absolute atomic E-state index is 6.01. The summed E-state index contributed by atoms with van der Waals surface area (Å²) in [6.45, 7) is 7.47. The minimum atomic E-state index is 0.341. The van der Waals surface area contributed by atoms with E-state index in [9.17, 15) is 0 Å². The molecule has 0 saturated carbocycles. The lowest BCUT2D eigenvalue weighted by atomic mass is 10.1. The summed E-state index contributed by atoms with van der Waals surface area (Å²) in [5, 5.41) is 0. The largest absolute Gasteiger partial charge is 0.357 e. The minimum Gasteiger partial charge on any atom is -0.357 e. The summed E-state index contributed by atoms with van der Waals surface area (Å²) in [6, 6.07) is 5.10. The molecule has 1 aromatic heterocycles. The van der Waals surface area contributed by atoms with Crippen molar-refractivity contribution in [2.24, 2.45) is 5.73 Å². The Kier molecular flexibility index (Phi) is 4.77. The minimum absolute atomic E-state index is 0.341. The van der Waals surface area contributed by atoms with Crippen molar-refractivity contribution in [3.63, 3.8) is 0 Å². The van der Waals surface area contributed by atoms with Crippen LogP contribution in [0.25, 0.3) is 0 Å². The summed E-state index contributed by atoms with van der Waals surface area (Å²) in [6.07, 6.45) is 4.37. The van der Waals surface area contributed by atoms with Crippen molar-refractivity contribution >= 4 is 5.82 Å². The van der Waals surface area contributed by atoms with E-state index in [-0.39, 0.29) is 0 Å². The van der Waals surface area contributed by atoms with Crippen molar-refractivity contribution in [2.45, 2.75) is 45.3 Å². The molecule has 0 unspecified atom stereocenters. The number of rotatable bonds is 4. The van der Waals surface area contributed by atoms with Crippen LogP contribution in [0.15, 0.2) is 18.3 Å². The van der Waals surface area contributed by atoms with Crippen LogP contribution in [0, 0.1) is 0 Å². The molecule has 4 heteroatoms. The fourth-order valence-electron chi connectivity index (χ4n) is 2.48. The molecule has 19 heavy (non-hydrogen) atoms. The lowest BCUT2D eigenvalue weighted by molar-refractivity contribution is 0.201. The van der Waals surface area contributed by atoms with E-state index in [1.54, 1.807) is 0 Å². The number of nitrogens with two attached hydrogens (primary N) is 1. The van der Waals surface area contributed by atoms with E-state index in [2.05, 4.69) is 47.8 Å². The van der Waals surface area contributed by atoms with Crippen LogP contribution in [-0.4, -0.2) is 42.1 Å². The molecule has 0 radical (unpaired) electrons. The van der Waals surface area contributed by atoms with E-state index in [1.807, 2.05) is 6.20 Å². The first-order chi connectivity index (χ1) is 9.06. The number of hydrogen-bond donors (Lipinski definition) is 1. The van der Waals surface area contributed by atoms with Crippen molar-refractivity contribution < 1.29 is 0 Å². The summed E-state index contributed by atoms with van der Waals surface area (Å²) in [5.41, 5.74) is 7.29. The molecule has 0 aliphatic carbocycles. The molecule has 1 aliphatic rings. The van der Waals surface area contributed by atoms with Crippen LogP contribution >= 0.6 is 0 Å². The molecule has 2 N–H and O–H groups in total. The highest BCUT2D eigenvalue weighted by Crippen LogP contribution is 2.15. The maximum Gasteiger partial charge on any atom is 0.128 e. The van der Waals surface area contributed by atoms with Gasteiger partial charge in [-0.1, -0.05) is 6.07 Å². The predicted octanol–water partition coefficient (Wildman–Crippen LogP) is 1.85. The zero-order valence-corrected chi connectivity index (χ0v) is 12.3. The van der Waals surface area contributed by atoms with E-state index < -0.39 is 0 Å². The van der Waals surface area contributed by atoms with E-state index in [4.69, 9.17) is 5.73 Å². The highest BCUT2D eigenvalue weighted by molar-refractivity contribution is 5.39. The van der Waals surface area contributed by atoms with Crippen LogP contribution in [-0.2, 0) is 6.54 Å². The van der Waals surface area contributed by atoms with Crippen LogP contribution < -0.4 is 10.6 Å². The first-order valence-corrected chi connectivity index (χ1v) is 7.22. The Morgan fingerprint density at radius 2 is 2.26 bits per heavy atom. The zero-order chi connectivity index (χ0) is 13.8. The molecular weight excluding hydrogens is 236 g/mol. The third kappa shape index (κ3) is 3.91. The monoisotopic (exact) mass is 262 g/mol. The van der Waals surface area contributed by atoms with Gasteiger partial charge >= 0.3 is 0 Å². The molecule has 4 nitrogen and oxygen atoms in total. The van der Waals surface area contributed by atoms with Gasteiger partial charge in [0, 0.05) is 38.4 Å². The molecule has 1 atom stereocenters. The summed E-state index contributed by atoms with van der Waals surface area (Å²) < 4.78 is 0. The predicted molar refractivity (Wildman–Crippen MR) is 80.3 cm³/mol. The molecule has 0 spiro atoms. The van der Waals surface area contributed by atoms with Gasteiger partial charge in [0.15, 0.2) is 0 Å². The van der Waals surface area contributed by atoms with Gasteiger partial charge in [-0.15, -0.1) is 0 Å². The maximum atomic E-state index is 6.01. The van der Waals surface area contributed by atoms with Crippen LogP contribution in [0.4, 0.5) is 5.82 Å². The Morgan fingerprint density at radius 1 is 1.47 bits per heavy atom. The number of anilines is 1. The van der Waals surface area contributed by atoms with Crippen LogP contribution in [0.5, 0.6) is 0 Å². The summed E-state index contributed by atoms with van der Waals surface area (Å²) in [5.74, 6) is 1.04. The smallest absolute Gasteiger partial charge is 0.128 e. The molecule has 2 heterocycles. The van der Waals surface area contributed by atoms with Gasteiger partial charge in [-0.3, -0.25) is 4.90 Å². The quantitative estimate of drug-likeness (QED) is 0.899. The SMILES string of the molecule is CC(C)N(C)c1ccc(CN2CCC[C@@H](N)C2)cn1. The van der Waals surface area contributed by atoms with E-state index >= 15 is 0 Å². The van der Waals surface area contributed by atoms with Crippen LogP contribution in [0.3, 0.4) is 0 Å². The van der Waals surface area contributed by atoms with Crippen molar-refractivity contribution in [3.05, 3.63) is 23.9 Å². The highest BCUT2D eigenvalue weighted by atomic mass is 15.2. The zero-order valence-electron chi connectivity index (χ0n) is 12.3. The lowest BCUT2D eigenvalue weighted by Gasteiger charge is -2.30. The van der Waals surface area contributed by atoms with Gasteiger partial charge < -0.3 is 10.6 Å². The van der Waals surface area contributed by atoms with Gasteiger partial charge in [0.25, 0.3) is 0 Å². The van der Waals surface area contributed by atoms with Gasteiger partial charge in [-0.2, -0.15) is 0 Å².